The third-order valence-electron chi connectivity index (χ3n) is 6.28. The molecule has 0 bridgehead atoms. The van der Waals surface area contributed by atoms with E-state index in [4.69, 9.17) is 18.9 Å². The summed E-state index contributed by atoms with van der Waals surface area (Å²) >= 11 is 0. The Labute approximate surface area is 207 Å². The van der Waals surface area contributed by atoms with E-state index in [1.807, 2.05) is 60.4 Å². The number of benzene rings is 3. The number of hydrogen-bond donors (Lipinski definition) is 0. The van der Waals surface area contributed by atoms with Crippen molar-refractivity contribution in [1.82, 2.24) is 4.90 Å². The van der Waals surface area contributed by atoms with Gasteiger partial charge >= 0.3 is 0 Å². The van der Waals surface area contributed by atoms with Gasteiger partial charge in [-0.25, -0.2) is 0 Å². The summed E-state index contributed by atoms with van der Waals surface area (Å²) in [5, 5.41) is 0. The Morgan fingerprint density at radius 2 is 1.54 bits per heavy atom. The van der Waals surface area contributed by atoms with Crippen LogP contribution in [0.5, 0.6) is 23.0 Å². The standard InChI is InChI=1S/C29H33NO5/c1-6-34-23-9-7-21(8-10-23)29(31)30-12-11-22-16-27(32-4)28(33-5)17-25(22)26(30)18-35-24-14-19(2)13-20(3)15-24/h7-10,13-17,26H,6,11-12,18H2,1-5H3. The Morgan fingerprint density at radius 3 is 2.17 bits per heavy atom. The van der Waals surface area contributed by atoms with Crippen LogP contribution in [0, 0.1) is 13.8 Å². The molecule has 35 heavy (non-hydrogen) atoms. The minimum atomic E-state index is -0.279. The maximum atomic E-state index is 13.7. The van der Waals surface area contributed by atoms with Crippen LogP contribution >= 0.6 is 0 Å². The molecule has 6 nitrogen and oxygen atoms in total. The van der Waals surface area contributed by atoms with Gasteiger partial charge in [-0.2, -0.15) is 0 Å². The van der Waals surface area contributed by atoms with Gasteiger partial charge in [-0.15, -0.1) is 0 Å². The number of fused-ring (bicyclic) bond motifs is 1. The second kappa shape index (κ2) is 10.7. The zero-order valence-corrected chi connectivity index (χ0v) is 21.1. The largest absolute Gasteiger partial charge is 0.494 e. The zero-order valence-electron chi connectivity index (χ0n) is 21.1. The van der Waals surface area contributed by atoms with Crippen LogP contribution in [0.25, 0.3) is 0 Å². The number of ether oxygens (including phenoxy) is 4. The molecule has 0 aliphatic carbocycles. The average Bonchev–Trinajstić information content (AvgIpc) is 2.86. The van der Waals surface area contributed by atoms with E-state index < -0.39 is 0 Å². The number of rotatable bonds is 8. The lowest BCUT2D eigenvalue weighted by molar-refractivity contribution is 0.0589. The Morgan fingerprint density at radius 1 is 0.886 bits per heavy atom. The van der Waals surface area contributed by atoms with Gasteiger partial charge in [-0.05, 0) is 98.0 Å². The first-order valence-corrected chi connectivity index (χ1v) is 11.9. The van der Waals surface area contributed by atoms with E-state index in [1.54, 1.807) is 14.2 Å². The van der Waals surface area contributed by atoms with Crippen LogP contribution in [-0.2, 0) is 6.42 Å². The van der Waals surface area contributed by atoms with E-state index in [9.17, 15) is 4.79 Å². The van der Waals surface area contributed by atoms with E-state index in [2.05, 4.69) is 19.9 Å². The van der Waals surface area contributed by atoms with Crippen LogP contribution in [0.4, 0.5) is 0 Å². The summed E-state index contributed by atoms with van der Waals surface area (Å²) in [5.74, 6) is 2.83. The first-order valence-electron chi connectivity index (χ1n) is 11.9. The minimum absolute atomic E-state index is 0.0393. The minimum Gasteiger partial charge on any atom is -0.494 e. The molecule has 1 unspecified atom stereocenters. The van der Waals surface area contributed by atoms with Crippen LogP contribution in [0.3, 0.4) is 0 Å². The summed E-state index contributed by atoms with van der Waals surface area (Å²) in [6.07, 6.45) is 0.721. The van der Waals surface area contributed by atoms with Gasteiger partial charge in [-0.1, -0.05) is 6.07 Å². The molecule has 6 heteroatoms. The average molecular weight is 476 g/mol. The van der Waals surface area contributed by atoms with Gasteiger partial charge < -0.3 is 23.8 Å². The Balaban J connectivity index is 1.68. The lowest BCUT2D eigenvalue weighted by Gasteiger charge is -2.37. The van der Waals surface area contributed by atoms with Crippen molar-refractivity contribution in [3.8, 4) is 23.0 Å². The maximum absolute atomic E-state index is 13.7. The lowest BCUT2D eigenvalue weighted by Crippen LogP contribution is -2.42. The molecule has 0 fully saturated rings. The van der Waals surface area contributed by atoms with Gasteiger partial charge in [0.15, 0.2) is 11.5 Å². The van der Waals surface area contributed by atoms with E-state index >= 15 is 0 Å². The van der Waals surface area contributed by atoms with Gasteiger partial charge in [0, 0.05) is 12.1 Å². The summed E-state index contributed by atoms with van der Waals surface area (Å²) in [6.45, 7) is 7.53. The Hall–Kier alpha value is -3.67. The van der Waals surface area contributed by atoms with Gasteiger partial charge in [0.2, 0.25) is 0 Å². The van der Waals surface area contributed by atoms with Gasteiger partial charge in [0.1, 0.15) is 18.1 Å². The van der Waals surface area contributed by atoms with Gasteiger partial charge in [-0.3, -0.25) is 4.79 Å². The molecule has 1 aliphatic rings. The zero-order chi connectivity index (χ0) is 24.9. The summed E-state index contributed by atoms with van der Waals surface area (Å²) < 4.78 is 22.9. The highest BCUT2D eigenvalue weighted by atomic mass is 16.5. The quantitative estimate of drug-likeness (QED) is 0.428. The van der Waals surface area contributed by atoms with Crippen molar-refractivity contribution < 1.29 is 23.7 Å². The van der Waals surface area contributed by atoms with Crippen molar-refractivity contribution in [2.45, 2.75) is 33.2 Å². The van der Waals surface area contributed by atoms with E-state index in [1.165, 1.54) is 0 Å². The SMILES string of the molecule is CCOc1ccc(C(=O)N2CCc3cc(OC)c(OC)cc3C2COc2cc(C)cc(C)c2)cc1. The van der Waals surface area contributed by atoms with Crippen LogP contribution in [0.15, 0.2) is 54.6 Å². The molecule has 3 aromatic carbocycles. The molecule has 184 valence electrons. The van der Waals surface area contributed by atoms with E-state index in [0.717, 1.165) is 40.2 Å². The first kappa shape index (κ1) is 24.5. The van der Waals surface area contributed by atoms with Gasteiger partial charge in [0.25, 0.3) is 5.91 Å². The van der Waals surface area contributed by atoms with Gasteiger partial charge in [0.05, 0.1) is 26.9 Å². The van der Waals surface area contributed by atoms with Crippen LogP contribution in [0.2, 0.25) is 0 Å². The highest BCUT2D eigenvalue weighted by Gasteiger charge is 2.33. The number of hydrogen-bond acceptors (Lipinski definition) is 5. The summed E-state index contributed by atoms with van der Waals surface area (Å²) in [6, 6.07) is 17.2. The first-order chi connectivity index (χ1) is 16.9. The van der Waals surface area contributed by atoms with Crippen LogP contribution in [0.1, 0.15) is 45.6 Å². The second-order valence-corrected chi connectivity index (χ2v) is 8.76. The molecule has 1 heterocycles. The van der Waals surface area contributed by atoms with E-state index in [-0.39, 0.29) is 11.9 Å². The summed E-state index contributed by atoms with van der Waals surface area (Å²) in [4.78, 5) is 15.6. The molecule has 0 radical (unpaired) electrons. The normalized spacial score (nSPS) is 14.8. The highest BCUT2D eigenvalue weighted by Crippen LogP contribution is 2.39. The number of nitrogens with zero attached hydrogens (tertiary/aromatic N) is 1. The fraction of sp³-hybridized carbons (Fsp3) is 0.345. The van der Waals surface area contributed by atoms with Crippen LogP contribution < -0.4 is 18.9 Å². The summed E-state index contributed by atoms with van der Waals surface area (Å²) in [7, 11) is 3.26. The molecule has 3 aromatic rings. The molecule has 1 atom stereocenters. The topological polar surface area (TPSA) is 57.2 Å². The fourth-order valence-electron chi connectivity index (χ4n) is 4.67. The molecule has 0 N–H and O–H groups in total. The molecular formula is C29H33NO5. The molecule has 0 spiro atoms. The molecule has 1 amide bonds. The smallest absolute Gasteiger partial charge is 0.254 e. The Kier molecular flexibility index (Phi) is 7.49. The van der Waals surface area contributed by atoms with E-state index in [0.29, 0.717) is 36.8 Å². The number of carbonyl (C=O) groups excluding carboxylic acids is 1. The summed E-state index contributed by atoms with van der Waals surface area (Å²) in [5.41, 5.74) is 5.04. The van der Waals surface area contributed by atoms with Crippen molar-refractivity contribution in [3.05, 3.63) is 82.4 Å². The van der Waals surface area contributed by atoms with Crippen molar-refractivity contribution in [2.24, 2.45) is 0 Å². The number of aryl methyl sites for hydroxylation is 2. The fourth-order valence-corrected chi connectivity index (χ4v) is 4.67. The van der Waals surface area contributed by atoms with Crippen molar-refractivity contribution in [1.29, 1.82) is 0 Å². The Bertz CT molecular complexity index is 1170. The lowest BCUT2D eigenvalue weighted by atomic mass is 9.91. The van der Waals surface area contributed by atoms with Crippen molar-refractivity contribution >= 4 is 5.91 Å². The maximum Gasteiger partial charge on any atom is 0.254 e. The van der Waals surface area contributed by atoms with Crippen LogP contribution in [-0.4, -0.2) is 44.8 Å². The molecule has 1 aliphatic heterocycles. The number of carbonyl (C=O) groups is 1. The highest BCUT2D eigenvalue weighted by molar-refractivity contribution is 5.95. The predicted molar refractivity (Wildman–Crippen MR) is 136 cm³/mol. The van der Waals surface area contributed by atoms with Crippen molar-refractivity contribution in [2.75, 3.05) is 34.0 Å². The third kappa shape index (κ3) is 5.37. The third-order valence-corrected chi connectivity index (χ3v) is 6.28. The monoisotopic (exact) mass is 475 g/mol. The number of amides is 1. The predicted octanol–water partition coefficient (Wildman–Crippen LogP) is 5.54. The molecule has 4 rings (SSSR count). The second-order valence-electron chi connectivity index (χ2n) is 8.76. The number of methoxy groups -OCH3 is 2. The molecule has 0 saturated carbocycles. The molecule has 0 aromatic heterocycles. The molecular weight excluding hydrogens is 442 g/mol. The van der Waals surface area contributed by atoms with Crippen molar-refractivity contribution in [3.63, 3.8) is 0 Å². The molecule has 0 saturated heterocycles.